The highest BCUT2D eigenvalue weighted by Gasteiger charge is 2.33. The Labute approximate surface area is 159 Å². The van der Waals surface area contributed by atoms with E-state index in [-0.39, 0.29) is 24.6 Å². The first kappa shape index (κ1) is 19.4. The van der Waals surface area contributed by atoms with Gasteiger partial charge in [0.15, 0.2) is 0 Å². The molecule has 2 aliphatic rings. The number of carbonyl (C=O) groups excluding carboxylic acids is 2. The van der Waals surface area contributed by atoms with Gasteiger partial charge in [0.2, 0.25) is 5.91 Å². The van der Waals surface area contributed by atoms with Gasteiger partial charge in [-0.05, 0) is 31.2 Å². The van der Waals surface area contributed by atoms with Gasteiger partial charge in [-0.15, -0.1) is 0 Å². The quantitative estimate of drug-likeness (QED) is 0.756. The van der Waals surface area contributed by atoms with Crippen molar-refractivity contribution >= 4 is 17.6 Å². The molecular formula is C19H28N4O4. The van der Waals surface area contributed by atoms with Crippen LogP contribution < -0.4 is 15.0 Å². The van der Waals surface area contributed by atoms with E-state index in [1.165, 1.54) is 0 Å². The lowest BCUT2D eigenvalue weighted by molar-refractivity contribution is -0.117. The predicted octanol–water partition coefficient (Wildman–Crippen LogP) is 0.510. The monoisotopic (exact) mass is 376 g/mol. The lowest BCUT2D eigenvalue weighted by Gasteiger charge is -2.34. The third-order valence-corrected chi connectivity index (χ3v) is 4.99. The first-order valence-corrected chi connectivity index (χ1v) is 9.52. The Hall–Kier alpha value is -2.32. The van der Waals surface area contributed by atoms with E-state index in [4.69, 9.17) is 9.84 Å². The van der Waals surface area contributed by atoms with E-state index in [1.54, 1.807) is 9.80 Å². The number of ether oxygens (including phenoxy) is 1. The summed E-state index contributed by atoms with van der Waals surface area (Å²) in [5.74, 6) is 0.787. The number of hydrogen-bond donors (Lipinski definition) is 2. The molecule has 8 heteroatoms. The van der Waals surface area contributed by atoms with Crippen LogP contribution in [0.15, 0.2) is 24.3 Å². The van der Waals surface area contributed by atoms with E-state index in [1.807, 2.05) is 31.2 Å². The second-order valence-corrected chi connectivity index (χ2v) is 6.83. The van der Waals surface area contributed by atoms with Gasteiger partial charge in [0.25, 0.3) is 0 Å². The molecule has 2 fully saturated rings. The van der Waals surface area contributed by atoms with Crippen LogP contribution in [0.4, 0.5) is 10.5 Å². The summed E-state index contributed by atoms with van der Waals surface area (Å²) >= 11 is 0. The number of carbonyl (C=O) groups is 2. The van der Waals surface area contributed by atoms with Crippen LogP contribution in [0.5, 0.6) is 5.75 Å². The minimum absolute atomic E-state index is 0.0113. The number of amides is 3. The van der Waals surface area contributed by atoms with Gasteiger partial charge >= 0.3 is 6.03 Å². The van der Waals surface area contributed by atoms with Crippen LogP contribution in [0, 0.1) is 0 Å². The average Bonchev–Trinajstić information content (AvgIpc) is 3.03. The molecule has 8 nitrogen and oxygen atoms in total. The molecule has 2 heterocycles. The molecule has 0 saturated carbocycles. The number of hydrogen-bond acceptors (Lipinski definition) is 5. The average molecular weight is 376 g/mol. The minimum atomic E-state index is -0.188. The molecule has 27 heavy (non-hydrogen) atoms. The number of nitrogens with one attached hydrogen (secondary N) is 1. The SMILES string of the molecule is CCOc1ccc(N2C[C@H](NC(=O)N3CCN(CCO)CC3)CC2=O)cc1. The van der Waals surface area contributed by atoms with Crippen molar-refractivity contribution in [2.45, 2.75) is 19.4 Å². The van der Waals surface area contributed by atoms with Crippen molar-refractivity contribution in [3.8, 4) is 5.75 Å². The summed E-state index contributed by atoms with van der Waals surface area (Å²) in [4.78, 5) is 30.5. The molecule has 0 unspecified atom stereocenters. The van der Waals surface area contributed by atoms with Crippen LogP contribution >= 0.6 is 0 Å². The smallest absolute Gasteiger partial charge is 0.317 e. The van der Waals surface area contributed by atoms with Crippen molar-refractivity contribution < 1.29 is 19.4 Å². The Morgan fingerprint density at radius 1 is 1.22 bits per heavy atom. The molecule has 0 radical (unpaired) electrons. The second kappa shape index (κ2) is 9.05. The molecule has 0 bridgehead atoms. The van der Waals surface area contributed by atoms with Gasteiger partial charge in [-0.25, -0.2) is 4.79 Å². The van der Waals surface area contributed by atoms with E-state index >= 15 is 0 Å². The van der Waals surface area contributed by atoms with E-state index < -0.39 is 0 Å². The summed E-state index contributed by atoms with van der Waals surface area (Å²) in [7, 11) is 0. The summed E-state index contributed by atoms with van der Waals surface area (Å²) in [5, 5.41) is 12.0. The maximum atomic E-state index is 12.5. The number of piperazine rings is 1. The van der Waals surface area contributed by atoms with Crippen molar-refractivity contribution in [3.63, 3.8) is 0 Å². The predicted molar refractivity (Wildman–Crippen MR) is 102 cm³/mol. The molecule has 148 valence electrons. The highest BCUT2D eigenvalue weighted by atomic mass is 16.5. The molecular weight excluding hydrogens is 348 g/mol. The fourth-order valence-corrected chi connectivity index (χ4v) is 3.52. The fraction of sp³-hybridized carbons (Fsp3) is 0.579. The van der Waals surface area contributed by atoms with Crippen LogP contribution in [-0.2, 0) is 4.79 Å². The first-order chi connectivity index (χ1) is 13.1. The van der Waals surface area contributed by atoms with Crippen LogP contribution in [0.1, 0.15) is 13.3 Å². The summed E-state index contributed by atoms with van der Waals surface area (Å²) in [5.41, 5.74) is 0.817. The Balaban J connectivity index is 1.51. The summed E-state index contributed by atoms with van der Waals surface area (Å²) in [6.45, 7) is 6.57. The minimum Gasteiger partial charge on any atom is -0.494 e. The lowest BCUT2D eigenvalue weighted by atomic mass is 10.2. The summed E-state index contributed by atoms with van der Waals surface area (Å²) < 4.78 is 5.43. The number of urea groups is 1. The van der Waals surface area contributed by atoms with Gasteiger partial charge in [0, 0.05) is 51.4 Å². The van der Waals surface area contributed by atoms with E-state index in [2.05, 4.69) is 10.2 Å². The van der Waals surface area contributed by atoms with Crippen molar-refractivity contribution in [1.82, 2.24) is 15.1 Å². The number of aliphatic hydroxyl groups is 1. The van der Waals surface area contributed by atoms with Gasteiger partial charge in [-0.2, -0.15) is 0 Å². The Bertz CT molecular complexity index is 644. The van der Waals surface area contributed by atoms with Gasteiger partial charge in [0.05, 0.1) is 19.3 Å². The Kier molecular flexibility index (Phi) is 6.52. The number of β-amino-alcohol motifs (C(OH)–C–C–N with tert-alkyl or cyclic N) is 1. The van der Waals surface area contributed by atoms with Crippen molar-refractivity contribution in [2.75, 3.05) is 57.4 Å². The zero-order chi connectivity index (χ0) is 19.2. The second-order valence-electron chi connectivity index (χ2n) is 6.83. The molecule has 2 aliphatic heterocycles. The van der Waals surface area contributed by atoms with Crippen molar-refractivity contribution in [2.24, 2.45) is 0 Å². The molecule has 3 rings (SSSR count). The normalized spacial score (nSPS) is 20.8. The molecule has 1 atom stereocenters. The zero-order valence-electron chi connectivity index (χ0n) is 15.8. The van der Waals surface area contributed by atoms with Crippen LogP contribution in [-0.4, -0.2) is 85.4 Å². The van der Waals surface area contributed by atoms with Gasteiger partial charge in [0.1, 0.15) is 5.75 Å². The topological polar surface area (TPSA) is 85.3 Å². The van der Waals surface area contributed by atoms with E-state index in [9.17, 15) is 9.59 Å². The third-order valence-electron chi connectivity index (χ3n) is 4.99. The summed E-state index contributed by atoms with van der Waals surface area (Å²) in [6.07, 6.45) is 0.309. The molecule has 3 amide bonds. The van der Waals surface area contributed by atoms with Gasteiger partial charge in [-0.3, -0.25) is 9.69 Å². The molecule has 0 spiro atoms. The fourth-order valence-electron chi connectivity index (χ4n) is 3.52. The highest BCUT2D eigenvalue weighted by molar-refractivity contribution is 5.96. The zero-order valence-corrected chi connectivity index (χ0v) is 15.8. The Morgan fingerprint density at radius 2 is 1.93 bits per heavy atom. The standard InChI is InChI=1S/C19H28N4O4/c1-2-27-17-5-3-16(4-6-17)23-14-15(13-18(23)25)20-19(26)22-9-7-21(8-10-22)11-12-24/h3-6,15,24H,2,7-14H2,1H3,(H,20,26)/t15-/m1/s1. The van der Waals surface area contributed by atoms with Crippen LogP contribution in [0.2, 0.25) is 0 Å². The first-order valence-electron chi connectivity index (χ1n) is 9.52. The van der Waals surface area contributed by atoms with Crippen LogP contribution in [0.25, 0.3) is 0 Å². The van der Waals surface area contributed by atoms with Gasteiger partial charge in [-0.1, -0.05) is 0 Å². The van der Waals surface area contributed by atoms with E-state index in [0.717, 1.165) is 24.5 Å². The molecule has 2 saturated heterocycles. The maximum absolute atomic E-state index is 12.5. The molecule has 2 N–H and O–H groups in total. The largest absolute Gasteiger partial charge is 0.494 e. The lowest BCUT2D eigenvalue weighted by Crippen LogP contribution is -2.54. The number of aliphatic hydroxyl groups excluding tert-OH is 1. The summed E-state index contributed by atoms with van der Waals surface area (Å²) in [6, 6.07) is 7.13. The molecule has 0 aromatic heterocycles. The van der Waals surface area contributed by atoms with Gasteiger partial charge < -0.3 is 25.0 Å². The Morgan fingerprint density at radius 3 is 2.56 bits per heavy atom. The van der Waals surface area contributed by atoms with Crippen molar-refractivity contribution in [1.29, 1.82) is 0 Å². The number of benzene rings is 1. The molecule has 0 aliphatic carbocycles. The number of anilines is 1. The molecule has 1 aromatic carbocycles. The van der Waals surface area contributed by atoms with E-state index in [0.29, 0.717) is 39.2 Å². The van der Waals surface area contributed by atoms with Crippen LogP contribution in [0.3, 0.4) is 0 Å². The van der Waals surface area contributed by atoms with Crippen molar-refractivity contribution in [3.05, 3.63) is 24.3 Å². The number of rotatable bonds is 6. The highest BCUT2D eigenvalue weighted by Crippen LogP contribution is 2.24. The molecule has 1 aromatic rings. The maximum Gasteiger partial charge on any atom is 0.317 e. The number of nitrogens with zero attached hydrogens (tertiary/aromatic N) is 3. The third kappa shape index (κ3) is 4.90.